The Kier molecular flexibility index (Phi) is 7.50. The van der Waals surface area contributed by atoms with Gasteiger partial charge in [0, 0.05) is 30.0 Å². The van der Waals surface area contributed by atoms with Crippen LogP contribution in [0.3, 0.4) is 0 Å². The quantitative estimate of drug-likeness (QED) is 0.502. The number of aromatic hydroxyl groups is 1. The van der Waals surface area contributed by atoms with Crippen molar-refractivity contribution in [2.75, 3.05) is 21.2 Å². The number of benzene rings is 2. The lowest BCUT2D eigenvalue weighted by Crippen LogP contribution is -2.67. The van der Waals surface area contributed by atoms with Crippen LogP contribution >= 0.6 is 0 Å². The molecule has 2 aromatic carbocycles. The van der Waals surface area contributed by atoms with Gasteiger partial charge in [-0.2, -0.15) is 0 Å². The number of aliphatic hydroxyl groups is 1. The standard InChI is InChI=1S/C34H39NO8/c1-16(36)26-24(37)13-19-11-18-12-22-20(21-10-17(15-35(5)6)8-9-25(21)43-7)14-23(33(2,3)4)29(38)28(22)30(39)27(18)32(41)34(19,42)31(26)40/h8-10,14,18-19,26-27,38,42H,11-13,15H2,1-7H3/t18-,19+,26?,27?,34-/m1/s1. The molecule has 2 saturated carbocycles. The third kappa shape index (κ3) is 4.73. The summed E-state index contributed by atoms with van der Waals surface area (Å²) in [5, 5.41) is 23.2. The van der Waals surface area contributed by atoms with Gasteiger partial charge in [0.15, 0.2) is 28.7 Å². The first kappa shape index (κ1) is 30.8. The molecule has 5 rings (SSSR count). The van der Waals surface area contributed by atoms with Gasteiger partial charge in [0.2, 0.25) is 0 Å². The molecule has 2 fully saturated rings. The number of phenols is 1. The number of nitrogens with zero attached hydrogens (tertiary/aromatic N) is 1. The highest BCUT2D eigenvalue weighted by Gasteiger charge is 2.66. The maximum Gasteiger partial charge on any atom is 0.190 e. The number of hydrogen-bond acceptors (Lipinski definition) is 9. The zero-order valence-electron chi connectivity index (χ0n) is 25.7. The van der Waals surface area contributed by atoms with Gasteiger partial charge < -0.3 is 19.8 Å². The molecule has 0 saturated heterocycles. The maximum absolute atomic E-state index is 14.3. The SMILES string of the molecule is COc1ccc(CN(C)C)cc1-c1cc(C(C)(C)C)c(O)c2c1C[C@H]1C[C@H]3CC(=O)C(C(C)=O)C(=O)[C@@]3(O)C(=O)C1C2=O. The molecule has 9 heteroatoms. The maximum atomic E-state index is 14.3. The fourth-order valence-corrected chi connectivity index (χ4v) is 7.40. The van der Waals surface area contributed by atoms with Gasteiger partial charge in [0.25, 0.3) is 0 Å². The van der Waals surface area contributed by atoms with E-state index in [1.165, 1.54) is 0 Å². The summed E-state index contributed by atoms with van der Waals surface area (Å²) < 4.78 is 5.74. The Labute approximate surface area is 251 Å². The summed E-state index contributed by atoms with van der Waals surface area (Å²) >= 11 is 0. The van der Waals surface area contributed by atoms with E-state index in [-0.39, 0.29) is 30.6 Å². The summed E-state index contributed by atoms with van der Waals surface area (Å²) in [4.78, 5) is 68.7. The molecule has 5 atom stereocenters. The zero-order valence-corrected chi connectivity index (χ0v) is 25.7. The van der Waals surface area contributed by atoms with E-state index in [9.17, 15) is 34.2 Å². The van der Waals surface area contributed by atoms with Crippen LogP contribution in [-0.4, -0.2) is 70.8 Å². The third-order valence-electron chi connectivity index (χ3n) is 9.39. The number of carbonyl (C=O) groups is 5. The molecular formula is C34H39NO8. The number of ketones is 5. The highest BCUT2D eigenvalue weighted by molar-refractivity contribution is 6.31. The van der Waals surface area contributed by atoms with E-state index in [2.05, 4.69) is 0 Å². The Morgan fingerprint density at radius 3 is 2.30 bits per heavy atom. The van der Waals surface area contributed by atoms with Crippen molar-refractivity contribution in [3.05, 3.63) is 46.5 Å². The first-order valence-corrected chi connectivity index (χ1v) is 14.6. The number of rotatable bonds is 5. The van der Waals surface area contributed by atoms with Gasteiger partial charge in [-0.25, -0.2) is 0 Å². The van der Waals surface area contributed by atoms with Crippen LogP contribution in [0.2, 0.25) is 0 Å². The van der Waals surface area contributed by atoms with E-state index >= 15 is 0 Å². The first-order chi connectivity index (χ1) is 20.0. The molecule has 3 aliphatic rings. The molecule has 43 heavy (non-hydrogen) atoms. The molecule has 0 heterocycles. The van der Waals surface area contributed by atoms with Crippen molar-refractivity contribution in [3.8, 4) is 22.6 Å². The molecule has 3 aliphatic carbocycles. The number of phenolic OH excluding ortho intramolecular Hbond substituents is 1. The lowest BCUT2D eigenvalue weighted by Gasteiger charge is -2.49. The lowest BCUT2D eigenvalue weighted by molar-refractivity contribution is -0.175. The molecule has 2 aromatic rings. The predicted octanol–water partition coefficient (Wildman–Crippen LogP) is 3.47. The minimum atomic E-state index is -2.61. The van der Waals surface area contributed by atoms with E-state index in [1.807, 2.05) is 64.0 Å². The summed E-state index contributed by atoms with van der Waals surface area (Å²) in [6, 6.07) is 7.71. The van der Waals surface area contributed by atoms with Gasteiger partial charge in [0.1, 0.15) is 23.2 Å². The van der Waals surface area contributed by atoms with Crippen molar-refractivity contribution in [2.45, 2.75) is 64.5 Å². The number of ether oxygens (including phenoxy) is 1. The molecule has 2 unspecified atom stereocenters. The van der Waals surface area contributed by atoms with Crippen LogP contribution < -0.4 is 4.74 Å². The normalized spacial score (nSPS) is 27.1. The number of fused-ring (bicyclic) bond motifs is 3. The minimum Gasteiger partial charge on any atom is -0.507 e. The molecular weight excluding hydrogens is 550 g/mol. The second kappa shape index (κ2) is 10.5. The van der Waals surface area contributed by atoms with Gasteiger partial charge in [-0.3, -0.25) is 24.0 Å². The number of Topliss-reactive ketones (excluding diaryl/α,β-unsaturated/α-hetero) is 5. The summed E-state index contributed by atoms with van der Waals surface area (Å²) in [7, 11) is 5.49. The third-order valence-corrected chi connectivity index (χ3v) is 9.39. The number of carbonyl (C=O) groups excluding carboxylic acids is 5. The lowest BCUT2D eigenvalue weighted by atomic mass is 9.53. The molecule has 0 aromatic heterocycles. The second-order valence-corrected chi connectivity index (χ2v) is 13.6. The largest absolute Gasteiger partial charge is 0.507 e. The van der Waals surface area contributed by atoms with Crippen LogP contribution in [0.1, 0.15) is 67.6 Å². The molecule has 0 amide bonds. The molecule has 0 aliphatic heterocycles. The fourth-order valence-electron chi connectivity index (χ4n) is 7.40. The van der Waals surface area contributed by atoms with Crippen molar-refractivity contribution in [3.63, 3.8) is 0 Å². The Bertz CT molecular complexity index is 1580. The smallest absolute Gasteiger partial charge is 0.190 e. The molecule has 2 N–H and O–H groups in total. The van der Waals surface area contributed by atoms with Gasteiger partial charge in [-0.05, 0) is 80.1 Å². The van der Waals surface area contributed by atoms with Crippen LogP contribution in [-0.2, 0) is 37.6 Å². The van der Waals surface area contributed by atoms with Gasteiger partial charge >= 0.3 is 0 Å². The van der Waals surface area contributed by atoms with Crippen LogP contribution in [0.5, 0.6) is 11.5 Å². The summed E-state index contributed by atoms with van der Waals surface area (Å²) in [5.41, 5.74) is 0.312. The minimum absolute atomic E-state index is 0.00148. The van der Waals surface area contributed by atoms with Crippen molar-refractivity contribution in [1.82, 2.24) is 4.90 Å². The van der Waals surface area contributed by atoms with Crippen molar-refractivity contribution in [1.29, 1.82) is 0 Å². The average molecular weight is 590 g/mol. The highest BCUT2D eigenvalue weighted by Crippen LogP contribution is 2.53. The van der Waals surface area contributed by atoms with E-state index in [4.69, 9.17) is 4.74 Å². The van der Waals surface area contributed by atoms with E-state index < -0.39 is 63.6 Å². The van der Waals surface area contributed by atoms with Crippen LogP contribution in [0.15, 0.2) is 24.3 Å². The first-order valence-electron chi connectivity index (χ1n) is 14.6. The topological polar surface area (TPSA) is 138 Å². The Morgan fingerprint density at radius 1 is 1.05 bits per heavy atom. The van der Waals surface area contributed by atoms with E-state index in [0.29, 0.717) is 29.0 Å². The molecule has 0 spiro atoms. The highest BCUT2D eigenvalue weighted by atomic mass is 16.5. The molecule has 0 radical (unpaired) electrons. The van der Waals surface area contributed by atoms with Gasteiger partial charge in [-0.15, -0.1) is 0 Å². The van der Waals surface area contributed by atoms with Crippen LogP contribution in [0.25, 0.3) is 11.1 Å². The van der Waals surface area contributed by atoms with E-state index in [0.717, 1.165) is 18.1 Å². The summed E-state index contributed by atoms with van der Waals surface area (Å²) in [6.45, 7) is 7.47. The van der Waals surface area contributed by atoms with Crippen molar-refractivity contribution >= 4 is 28.9 Å². The Morgan fingerprint density at radius 2 is 1.72 bits per heavy atom. The Hall–Kier alpha value is -3.69. The molecule has 9 nitrogen and oxygen atoms in total. The van der Waals surface area contributed by atoms with Gasteiger partial charge in [-0.1, -0.05) is 26.8 Å². The zero-order chi connectivity index (χ0) is 31.8. The number of methoxy groups -OCH3 is 1. The van der Waals surface area contributed by atoms with Crippen LogP contribution in [0, 0.1) is 23.7 Å². The monoisotopic (exact) mass is 589 g/mol. The van der Waals surface area contributed by atoms with Gasteiger partial charge in [0.05, 0.1) is 18.6 Å². The fraction of sp³-hybridized carbons (Fsp3) is 0.500. The van der Waals surface area contributed by atoms with Crippen molar-refractivity contribution in [2.24, 2.45) is 23.7 Å². The molecule has 0 bridgehead atoms. The van der Waals surface area contributed by atoms with Crippen molar-refractivity contribution < 1.29 is 38.9 Å². The average Bonchev–Trinajstić information content (AvgIpc) is 2.89. The molecule has 228 valence electrons. The summed E-state index contributed by atoms with van der Waals surface area (Å²) in [6.07, 6.45) is -0.0276. The van der Waals surface area contributed by atoms with Crippen LogP contribution in [0.4, 0.5) is 0 Å². The predicted molar refractivity (Wildman–Crippen MR) is 158 cm³/mol. The summed E-state index contributed by atoms with van der Waals surface area (Å²) in [5.74, 6) is -8.55. The number of hydrogen-bond donors (Lipinski definition) is 2. The Balaban J connectivity index is 1.72. The van der Waals surface area contributed by atoms with E-state index in [1.54, 1.807) is 7.11 Å². The second-order valence-electron chi connectivity index (χ2n) is 13.6.